The van der Waals surface area contributed by atoms with Gasteiger partial charge in [0, 0.05) is 17.8 Å². The summed E-state index contributed by atoms with van der Waals surface area (Å²) in [6.45, 7) is 2.34. The number of anilines is 1. The fourth-order valence-corrected chi connectivity index (χ4v) is 3.41. The zero-order valence-corrected chi connectivity index (χ0v) is 12.0. The first kappa shape index (κ1) is 13.4. The van der Waals surface area contributed by atoms with Crippen LogP contribution in [0.15, 0.2) is 5.38 Å². The fourth-order valence-electron chi connectivity index (χ4n) is 2.62. The van der Waals surface area contributed by atoms with E-state index in [0.717, 1.165) is 12.1 Å². The molecule has 2 unspecified atom stereocenters. The fraction of sp³-hybridized carbons (Fsp3) is 0.615. The summed E-state index contributed by atoms with van der Waals surface area (Å²) >= 11 is 1.40. The number of amides is 2. The molecule has 2 heterocycles. The first-order valence-electron chi connectivity index (χ1n) is 6.82. The quantitative estimate of drug-likeness (QED) is 0.896. The van der Waals surface area contributed by atoms with Crippen LogP contribution in [0.25, 0.3) is 0 Å². The van der Waals surface area contributed by atoms with Crippen molar-refractivity contribution >= 4 is 28.5 Å². The minimum atomic E-state index is -0.942. The Hall–Kier alpha value is -1.63. The van der Waals surface area contributed by atoms with Crippen molar-refractivity contribution in [1.29, 1.82) is 0 Å². The van der Waals surface area contributed by atoms with E-state index < -0.39 is 12.0 Å². The highest BCUT2D eigenvalue weighted by molar-refractivity contribution is 7.13. The lowest BCUT2D eigenvalue weighted by molar-refractivity contribution is -0.142. The average Bonchev–Trinajstić information content (AvgIpc) is 3.01. The smallest absolute Gasteiger partial charge is 0.326 e. The number of hydrogen-bond donors (Lipinski definition) is 2. The summed E-state index contributed by atoms with van der Waals surface area (Å²) in [4.78, 5) is 29.2. The van der Waals surface area contributed by atoms with Crippen LogP contribution in [0.2, 0.25) is 0 Å². The number of aliphatic carboxylic acids is 1. The number of carboxylic acids is 1. The lowest BCUT2D eigenvalue weighted by Gasteiger charge is -2.22. The van der Waals surface area contributed by atoms with E-state index in [0.29, 0.717) is 17.6 Å². The number of carboxylic acid groups (broad SMARTS) is 1. The second-order valence-corrected chi connectivity index (χ2v) is 6.38. The molecule has 1 saturated heterocycles. The first-order valence-corrected chi connectivity index (χ1v) is 7.70. The summed E-state index contributed by atoms with van der Waals surface area (Å²) in [6.07, 6.45) is 3.05. The van der Waals surface area contributed by atoms with Gasteiger partial charge in [0.1, 0.15) is 6.04 Å². The van der Waals surface area contributed by atoms with E-state index in [1.54, 1.807) is 0 Å². The molecule has 1 aromatic heterocycles. The van der Waals surface area contributed by atoms with Gasteiger partial charge in [-0.1, -0.05) is 6.92 Å². The van der Waals surface area contributed by atoms with Crippen molar-refractivity contribution in [2.45, 2.75) is 38.1 Å². The molecular weight excluding hydrogens is 278 g/mol. The Morgan fingerprint density at radius 2 is 2.20 bits per heavy atom. The Morgan fingerprint density at radius 1 is 1.45 bits per heavy atom. The molecule has 2 atom stereocenters. The summed E-state index contributed by atoms with van der Waals surface area (Å²) in [7, 11) is 0. The van der Waals surface area contributed by atoms with Gasteiger partial charge in [-0.25, -0.2) is 14.6 Å². The minimum absolute atomic E-state index is 0.0171. The van der Waals surface area contributed by atoms with E-state index in [1.807, 2.05) is 12.3 Å². The molecule has 1 aliphatic carbocycles. The van der Waals surface area contributed by atoms with E-state index in [1.165, 1.54) is 29.1 Å². The first-order chi connectivity index (χ1) is 9.56. The monoisotopic (exact) mass is 295 g/mol. The van der Waals surface area contributed by atoms with E-state index >= 15 is 0 Å². The van der Waals surface area contributed by atoms with Crippen molar-refractivity contribution in [2.24, 2.45) is 5.92 Å². The predicted octanol–water partition coefficient (Wildman–Crippen LogP) is 2.35. The van der Waals surface area contributed by atoms with Gasteiger partial charge in [-0.2, -0.15) is 0 Å². The third-order valence-corrected chi connectivity index (χ3v) is 4.72. The highest BCUT2D eigenvalue weighted by atomic mass is 32.1. The third-order valence-electron chi connectivity index (χ3n) is 3.95. The Labute approximate surface area is 120 Å². The Morgan fingerprint density at radius 3 is 2.85 bits per heavy atom. The maximum Gasteiger partial charge on any atom is 0.326 e. The zero-order valence-electron chi connectivity index (χ0n) is 11.2. The molecule has 0 bridgehead atoms. The van der Waals surface area contributed by atoms with E-state index in [-0.39, 0.29) is 11.9 Å². The van der Waals surface area contributed by atoms with Gasteiger partial charge in [0.05, 0.1) is 5.69 Å². The summed E-state index contributed by atoms with van der Waals surface area (Å²) in [6, 6.07) is -1.10. The normalized spacial score (nSPS) is 25.8. The number of carbonyl (C=O) groups excluding carboxylic acids is 1. The molecule has 0 radical (unpaired) electrons. The van der Waals surface area contributed by atoms with E-state index in [9.17, 15) is 14.7 Å². The van der Waals surface area contributed by atoms with Gasteiger partial charge >= 0.3 is 12.0 Å². The maximum absolute atomic E-state index is 12.2. The van der Waals surface area contributed by atoms with Crippen molar-refractivity contribution in [3.8, 4) is 0 Å². The second kappa shape index (κ2) is 5.05. The van der Waals surface area contributed by atoms with Crippen LogP contribution in [0.1, 0.15) is 37.8 Å². The van der Waals surface area contributed by atoms with Crippen molar-refractivity contribution in [3.05, 3.63) is 11.1 Å². The molecule has 1 saturated carbocycles. The van der Waals surface area contributed by atoms with Gasteiger partial charge in [-0.3, -0.25) is 5.32 Å². The third kappa shape index (κ3) is 2.49. The SMILES string of the molecule is CC1CCN(C(=O)Nc2nc(C3CC3)cs2)C1C(=O)O. The molecule has 7 heteroatoms. The van der Waals surface area contributed by atoms with Gasteiger partial charge in [-0.05, 0) is 25.2 Å². The molecule has 2 fully saturated rings. The molecule has 2 N–H and O–H groups in total. The predicted molar refractivity (Wildman–Crippen MR) is 75.0 cm³/mol. The number of thiazole rings is 1. The maximum atomic E-state index is 12.2. The van der Waals surface area contributed by atoms with Crippen LogP contribution in [0.5, 0.6) is 0 Å². The molecule has 2 amide bonds. The molecular formula is C13H17N3O3S. The molecule has 2 aliphatic rings. The lowest BCUT2D eigenvalue weighted by atomic mass is 10.0. The molecule has 20 heavy (non-hydrogen) atoms. The number of likely N-dealkylation sites (tertiary alicyclic amines) is 1. The number of urea groups is 1. The summed E-state index contributed by atoms with van der Waals surface area (Å²) in [5, 5.41) is 14.5. The van der Waals surface area contributed by atoms with Crippen LogP contribution >= 0.6 is 11.3 Å². The van der Waals surface area contributed by atoms with Crippen LogP contribution in [0.3, 0.4) is 0 Å². The van der Waals surface area contributed by atoms with Crippen LogP contribution in [-0.4, -0.2) is 39.6 Å². The Balaban J connectivity index is 1.67. The Bertz CT molecular complexity index is 541. The summed E-state index contributed by atoms with van der Waals surface area (Å²) in [5.74, 6) is -0.407. The number of hydrogen-bond acceptors (Lipinski definition) is 4. The average molecular weight is 295 g/mol. The van der Waals surface area contributed by atoms with Crippen molar-refractivity contribution in [1.82, 2.24) is 9.88 Å². The van der Waals surface area contributed by atoms with Crippen LogP contribution in [-0.2, 0) is 4.79 Å². The second-order valence-electron chi connectivity index (χ2n) is 5.52. The molecule has 1 aliphatic heterocycles. The van der Waals surface area contributed by atoms with Gasteiger partial charge < -0.3 is 10.0 Å². The van der Waals surface area contributed by atoms with Crippen molar-refractivity contribution < 1.29 is 14.7 Å². The number of nitrogens with zero attached hydrogens (tertiary/aromatic N) is 2. The molecule has 6 nitrogen and oxygen atoms in total. The zero-order chi connectivity index (χ0) is 14.3. The molecule has 0 spiro atoms. The number of rotatable bonds is 3. The van der Waals surface area contributed by atoms with Gasteiger partial charge in [0.25, 0.3) is 0 Å². The van der Waals surface area contributed by atoms with Crippen LogP contribution in [0, 0.1) is 5.92 Å². The van der Waals surface area contributed by atoms with Gasteiger partial charge in [0.2, 0.25) is 0 Å². The summed E-state index contributed by atoms with van der Waals surface area (Å²) < 4.78 is 0. The number of carbonyl (C=O) groups is 2. The molecule has 0 aromatic carbocycles. The highest BCUT2D eigenvalue weighted by Crippen LogP contribution is 2.41. The van der Waals surface area contributed by atoms with Gasteiger partial charge in [0.15, 0.2) is 5.13 Å². The molecule has 3 rings (SSSR count). The van der Waals surface area contributed by atoms with Crippen LogP contribution < -0.4 is 5.32 Å². The largest absolute Gasteiger partial charge is 0.480 e. The molecule has 1 aromatic rings. The number of nitrogens with one attached hydrogen (secondary N) is 1. The van der Waals surface area contributed by atoms with E-state index in [4.69, 9.17) is 0 Å². The number of aromatic nitrogens is 1. The molecule has 108 valence electrons. The van der Waals surface area contributed by atoms with E-state index in [2.05, 4.69) is 10.3 Å². The minimum Gasteiger partial charge on any atom is -0.480 e. The standard InChI is InChI=1S/C13H17N3O3S/c1-7-4-5-16(10(7)11(17)18)13(19)15-12-14-9(6-20-12)8-2-3-8/h6-8,10H,2-5H2,1H3,(H,17,18)(H,14,15,19). The van der Waals surface area contributed by atoms with Gasteiger partial charge in [-0.15, -0.1) is 11.3 Å². The van der Waals surface area contributed by atoms with Crippen molar-refractivity contribution in [3.63, 3.8) is 0 Å². The highest BCUT2D eigenvalue weighted by Gasteiger charge is 2.39. The Kier molecular flexibility index (Phi) is 3.37. The summed E-state index contributed by atoms with van der Waals surface area (Å²) in [5.41, 5.74) is 1.04. The van der Waals surface area contributed by atoms with Crippen LogP contribution in [0.4, 0.5) is 9.93 Å². The lowest BCUT2D eigenvalue weighted by Crippen LogP contribution is -2.44. The topological polar surface area (TPSA) is 82.5 Å². The van der Waals surface area contributed by atoms with Crippen molar-refractivity contribution in [2.75, 3.05) is 11.9 Å².